The second-order valence-electron chi connectivity index (χ2n) is 5.86. The van der Waals surface area contributed by atoms with Crippen molar-refractivity contribution >= 4 is 35.3 Å². The third-order valence-corrected chi connectivity index (χ3v) is 5.41. The van der Waals surface area contributed by atoms with Gasteiger partial charge in [-0.05, 0) is 39.5 Å². The summed E-state index contributed by atoms with van der Waals surface area (Å²) in [4.78, 5) is 33.4. The normalized spacial score (nSPS) is 17.5. The van der Waals surface area contributed by atoms with E-state index in [1.165, 1.54) is 18.2 Å². The number of hydrogen-bond acceptors (Lipinski definition) is 4. The second-order valence-corrected chi connectivity index (χ2v) is 7.02. The Bertz CT molecular complexity index is 486. The molecule has 8 heteroatoms. The van der Waals surface area contributed by atoms with Crippen LogP contribution in [0.3, 0.4) is 0 Å². The first kappa shape index (κ1) is 21.5. The summed E-state index contributed by atoms with van der Waals surface area (Å²) in [5, 5.41) is -0.129. The van der Waals surface area contributed by atoms with Gasteiger partial charge in [-0.25, -0.2) is 9.79 Å². The average molecular weight is 371 g/mol. The van der Waals surface area contributed by atoms with Crippen LogP contribution in [0.1, 0.15) is 52.9 Å². The smallest absolute Gasteiger partial charge is 0.344 e. The van der Waals surface area contributed by atoms with Crippen LogP contribution in [0, 0.1) is 5.92 Å². The van der Waals surface area contributed by atoms with E-state index in [2.05, 4.69) is 9.98 Å². The molecular weight excluding hydrogens is 340 g/mol. The van der Waals surface area contributed by atoms with Gasteiger partial charge in [0.05, 0.1) is 6.61 Å². The molecule has 1 aliphatic carbocycles. The minimum Gasteiger partial charge on any atom is -0.465 e. The molecule has 0 aliphatic heterocycles. The van der Waals surface area contributed by atoms with E-state index in [4.69, 9.17) is 10.5 Å². The number of nitrogens with zero attached hydrogens (tertiary/aromatic N) is 3. The number of thioether (sulfide) groups is 1. The lowest BCUT2D eigenvalue weighted by atomic mass is 9.87. The van der Waals surface area contributed by atoms with Crippen molar-refractivity contribution < 1.29 is 14.3 Å². The Morgan fingerprint density at radius 3 is 2.44 bits per heavy atom. The highest BCUT2D eigenvalue weighted by molar-refractivity contribution is 8.14. The SMILES string of the molecule is CCOC(=O)C(SC(N)=NC=NC(=O)N(CC)CC)C1CCCCC1. The molecule has 2 amide bonds. The summed E-state index contributed by atoms with van der Waals surface area (Å²) in [5.74, 6) is 0.00880. The van der Waals surface area contributed by atoms with Crippen molar-refractivity contribution in [3.63, 3.8) is 0 Å². The summed E-state index contributed by atoms with van der Waals surface area (Å²) < 4.78 is 5.20. The number of amides is 2. The maximum atomic E-state index is 12.3. The Kier molecular flexibility index (Phi) is 10.2. The number of nitrogens with two attached hydrogens (primary N) is 1. The highest BCUT2D eigenvalue weighted by Gasteiger charge is 2.32. The molecule has 142 valence electrons. The average Bonchev–Trinajstić information content (AvgIpc) is 2.61. The Morgan fingerprint density at radius 1 is 1.24 bits per heavy atom. The van der Waals surface area contributed by atoms with Crippen LogP contribution in [-0.2, 0) is 9.53 Å². The van der Waals surface area contributed by atoms with Gasteiger partial charge >= 0.3 is 12.0 Å². The lowest BCUT2D eigenvalue weighted by Gasteiger charge is -2.27. The zero-order valence-corrected chi connectivity index (χ0v) is 16.3. The first-order valence-electron chi connectivity index (χ1n) is 9.01. The van der Waals surface area contributed by atoms with Crippen molar-refractivity contribution in [2.75, 3.05) is 19.7 Å². The molecule has 0 aromatic carbocycles. The molecule has 1 unspecified atom stereocenters. The van der Waals surface area contributed by atoms with Crippen molar-refractivity contribution in [1.82, 2.24) is 4.90 Å². The van der Waals surface area contributed by atoms with Crippen LogP contribution >= 0.6 is 11.8 Å². The van der Waals surface area contributed by atoms with E-state index < -0.39 is 0 Å². The zero-order chi connectivity index (χ0) is 18.7. The predicted octanol–water partition coefficient (Wildman–Crippen LogP) is 3.04. The van der Waals surface area contributed by atoms with Crippen LogP contribution < -0.4 is 5.73 Å². The molecule has 1 fully saturated rings. The van der Waals surface area contributed by atoms with Gasteiger partial charge in [0.2, 0.25) is 0 Å². The number of hydrogen-bond donors (Lipinski definition) is 1. The molecule has 1 aliphatic rings. The van der Waals surface area contributed by atoms with Gasteiger partial charge in [0.1, 0.15) is 11.6 Å². The summed E-state index contributed by atoms with van der Waals surface area (Å²) in [6.07, 6.45) is 6.61. The summed E-state index contributed by atoms with van der Waals surface area (Å²) in [7, 11) is 0. The molecule has 0 radical (unpaired) electrons. The van der Waals surface area contributed by atoms with Crippen LogP contribution in [0.2, 0.25) is 0 Å². The fourth-order valence-corrected chi connectivity index (χ4v) is 3.87. The van der Waals surface area contributed by atoms with Crippen molar-refractivity contribution in [3.05, 3.63) is 0 Å². The van der Waals surface area contributed by atoms with Crippen molar-refractivity contribution in [1.29, 1.82) is 0 Å². The molecule has 0 heterocycles. The van der Waals surface area contributed by atoms with E-state index in [9.17, 15) is 9.59 Å². The molecule has 1 saturated carbocycles. The lowest BCUT2D eigenvalue weighted by Crippen LogP contribution is -2.32. The molecular formula is C17H30N4O3S. The predicted molar refractivity (Wildman–Crippen MR) is 103 cm³/mol. The molecule has 7 nitrogen and oxygen atoms in total. The van der Waals surface area contributed by atoms with Gasteiger partial charge in [-0.15, -0.1) is 0 Å². The molecule has 25 heavy (non-hydrogen) atoms. The Morgan fingerprint density at radius 2 is 1.88 bits per heavy atom. The van der Waals surface area contributed by atoms with Crippen LogP contribution in [0.15, 0.2) is 9.98 Å². The minimum absolute atomic E-state index is 0.222. The number of carbonyl (C=O) groups is 2. The first-order valence-corrected chi connectivity index (χ1v) is 9.89. The van der Waals surface area contributed by atoms with E-state index in [1.54, 1.807) is 11.8 Å². The summed E-state index contributed by atoms with van der Waals surface area (Å²) in [5.41, 5.74) is 5.93. The Labute approximate surface area is 154 Å². The van der Waals surface area contributed by atoms with E-state index >= 15 is 0 Å². The molecule has 0 saturated heterocycles. The van der Waals surface area contributed by atoms with Gasteiger partial charge < -0.3 is 15.4 Å². The van der Waals surface area contributed by atoms with Crippen molar-refractivity contribution in [3.8, 4) is 0 Å². The fraction of sp³-hybridized carbons (Fsp3) is 0.765. The van der Waals surface area contributed by atoms with Crippen LogP contribution in [0.4, 0.5) is 4.79 Å². The van der Waals surface area contributed by atoms with Crippen molar-refractivity contribution in [2.24, 2.45) is 21.6 Å². The minimum atomic E-state index is -0.351. The van der Waals surface area contributed by atoms with Gasteiger partial charge in [0, 0.05) is 13.1 Å². The third-order valence-electron chi connectivity index (χ3n) is 4.23. The van der Waals surface area contributed by atoms with Gasteiger partial charge in [-0.2, -0.15) is 4.99 Å². The molecule has 0 spiro atoms. The second kappa shape index (κ2) is 11.9. The summed E-state index contributed by atoms with van der Waals surface area (Å²) in [6.45, 7) is 7.10. The van der Waals surface area contributed by atoms with Gasteiger partial charge in [-0.3, -0.25) is 4.79 Å². The Balaban J connectivity index is 2.70. The van der Waals surface area contributed by atoms with E-state index in [0.717, 1.165) is 32.0 Å². The monoisotopic (exact) mass is 370 g/mol. The highest BCUT2D eigenvalue weighted by Crippen LogP contribution is 2.33. The maximum Gasteiger partial charge on any atom is 0.344 e. The molecule has 0 aromatic rings. The molecule has 1 atom stereocenters. The number of ether oxygens (including phenoxy) is 1. The third kappa shape index (κ3) is 7.46. The van der Waals surface area contributed by atoms with Crippen molar-refractivity contribution in [2.45, 2.75) is 58.1 Å². The van der Waals surface area contributed by atoms with Gasteiger partial charge in [0.15, 0.2) is 5.17 Å². The van der Waals surface area contributed by atoms with E-state index in [-0.39, 0.29) is 28.3 Å². The topological polar surface area (TPSA) is 97.4 Å². The number of esters is 1. The molecule has 1 rings (SSSR count). The number of amidine groups is 1. The number of carbonyl (C=O) groups excluding carboxylic acids is 2. The van der Waals surface area contributed by atoms with Crippen LogP contribution in [0.5, 0.6) is 0 Å². The van der Waals surface area contributed by atoms with Crippen LogP contribution in [-0.4, -0.2) is 53.4 Å². The van der Waals surface area contributed by atoms with Gasteiger partial charge in [-0.1, -0.05) is 31.0 Å². The lowest BCUT2D eigenvalue weighted by molar-refractivity contribution is -0.143. The van der Waals surface area contributed by atoms with E-state index in [0.29, 0.717) is 19.7 Å². The quantitative estimate of drug-likeness (QED) is 0.422. The van der Waals surface area contributed by atoms with Crippen LogP contribution in [0.25, 0.3) is 0 Å². The van der Waals surface area contributed by atoms with E-state index in [1.807, 2.05) is 13.8 Å². The maximum absolute atomic E-state index is 12.3. The first-order chi connectivity index (χ1) is 12.0. The molecule has 0 bridgehead atoms. The summed E-state index contributed by atoms with van der Waals surface area (Å²) >= 11 is 1.21. The largest absolute Gasteiger partial charge is 0.465 e. The highest BCUT2D eigenvalue weighted by atomic mass is 32.2. The standard InChI is InChI=1S/C17H30N4O3S/c1-4-21(5-2)17(23)20-12-19-16(18)25-14(15(22)24-6-3)13-10-8-7-9-11-13/h12-14H,4-11H2,1-3H3,(H2,18,19,20,23). The van der Waals surface area contributed by atoms with Gasteiger partial charge in [0.25, 0.3) is 0 Å². The number of aliphatic imine (C=N–C) groups is 2. The fourth-order valence-electron chi connectivity index (χ4n) is 2.87. The molecule has 0 aromatic heterocycles. The molecule has 2 N–H and O–H groups in total. The zero-order valence-electron chi connectivity index (χ0n) is 15.4. The Hall–Kier alpha value is -1.57. The number of urea groups is 1. The number of rotatable bonds is 7. The summed E-state index contributed by atoms with van der Waals surface area (Å²) in [6, 6.07) is -0.347.